The molecule has 3 N–H and O–H groups in total. The quantitative estimate of drug-likeness (QED) is 0.406. The molecule has 0 saturated carbocycles. The Morgan fingerprint density at radius 2 is 1.78 bits per heavy atom. The van der Waals surface area contributed by atoms with Gasteiger partial charge in [-0.25, -0.2) is 9.78 Å². The molecular weight excluding hydrogens is 460 g/mol. The van der Waals surface area contributed by atoms with Gasteiger partial charge in [0.15, 0.2) is 0 Å². The zero-order chi connectivity index (χ0) is 26.3. The second kappa shape index (κ2) is 11.5. The summed E-state index contributed by atoms with van der Waals surface area (Å²) in [6, 6.07) is 11.1. The Morgan fingerprint density at radius 3 is 2.44 bits per heavy atom. The van der Waals surface area contributed by atoms with Crippen molar-refractivity contribution in [3.8, 4) is 11.3 Å². The Balaban J connectivity index is 1.83. The van der Waals surface area contributed by atoms with Crippen molar-refractivity contribution in [1.82, 2.24) is 19.9 Å². The second-order valence-electron chi connectivity index (χ2n) is 9.25. The maximum atomic E-state index is 13.2. The standard InChI is InChI=1S/C26H32N6O4/c1-17(33)29-22-21(19-12-15-27-16-13-19)31-24(32(5)23(22)34)30-20-11-7-6-9-18(20)10-8-14-28-25(35)36-26(2,3)4/h6-7,9,11-13,15-16H,8,10,14H2,1-5H3,(H,28,35)(H,29,33)(H,30,31). The summed E-state index contributed by atoms with van der Waals surface area (Å²) in [5.74, 6) is -0.0458. The van der Waals surface area contributed by atoms with Crippen molar-refractivity contribution in [1.29, 1.82) is 0 Å². The van der Waals surface area contributed by atoms with E-state index >= 15 is 0 Å². The first-order valence-electron chi connectivity index (χ1n) is 11.7. The van der Waals surface area contributed by atoms with Gasteiger partial charge in [0.1, 0.15) is 17.0 Å². The van der Waals surface area contributed by atoms with Gasteiger partial charge in [-0.2, -0.15) is 0 Å². The fourth-order valence-corrected chi connectivity index (χ4v) is 3.49. The predicted octanol–water partition coefficient (Wildman–Crippen LogP) is 4.00. The average Bonchev–Trinajstić information content (AvgIpc) is 2.81. The van der Waals surface area contributed by atoms with E-state index in [9.17, 15) is 14.4 Å². The topological polar surface area (TPSA) is 127 Å². The van der Waals surface area contributed by atoms with Crippen molar-refractivity contribution in [2.24, 2.45) is 7.05 Å². The van der Waals surface area contributed by atoms with Gasteiger partial charge in [0, 0.05) is 44.2 Å². The van der Waals surface area contributed by atoms with Crippen molar-refractivity contribution in [3.63, 3.8) is 0 Å². The molecule has 0 saturated heterocycles. The number of rotatable bonds is 8. The summed E-state index contributed by atoms with van der Waals surface area (Å²) < 4.78 is 6.62. The Labute approximate surface area is 210 Å². The Hall–Kier alpha value is -4.21. The summed E-state index contributed by atoms with van der Waals surface area (Å²) in [4.78, 5) is 45.5. The minimum Gasteiger partial charge on any atom is -0.444 e. The van der Waals surface area contributed by atoms with Crippen LogP contribution in [-0.2, 0) is 23.0 Å². The molecule has 0 aliphatic heterocycles. The highest BCUT2D eigenvalue weighted by atomic mass is 16.6. The van der Waals surface area contributed by atoms with Crippen LogP contribution in [0, 0.1) is 0 Å². The fraction of sp³-hybridized carbons (Fsp3) is 0.346. The Kier molecular flexibility index (Phi) is 8.42. The number of anilines is 3. The van der Waals surface area contributed by atoms with E-state index in [0.717, 1.165) is 11.3 Å². The number of nitrogens with zero attached hydrogens (tertiary/aromatic N) is 3. The number of pyridine rings is 1. The number of aromatic nitrogens is 3. The number of para-hydroxylation sites is 1. The van der Waals surface area contributed by atoms with Gasteiger partial charge < -0.3 is 20.7 Å². The number of alkyl carbamates (subject to hydrolysis) is 1. The average molecular weight is 493 g/mol. The minimum absolute atomic E-state index is 0.100. The van der Waals surface area contributed by atoms with Gasteiger partial charge in [0.2, 0.25) is 11.9 Å². The largest absolute Gasteiger partial charge is 0.444 e. The number of aryl methyl sites for hydroxylation is 1. The van der Waals surface area contributed by atoms with Gasteiger partial charge in [-0.15, -0.1) is 0 Å². The molecule has 0 fully saturated rings. The normalized spacial score (nSPS) is 11.0. The number of carbonyl (C=O) groups excluding carboxylic acids is 2. The first-order chi connectivity index (χ1) is 17.0. The number of benzene rings is 1. The highest BCUT2D eigenvalue weighted by Crippen LogP contribution is 2.26. The lowest BCUT2D eigenvalue weighted by molar-refractivity contribution is -0.114. The van der Waals surface area contributed by atoms with Crippen molar-refractivity contribution < 1.29 is 14.3 Å². The predicted molar refractivity (Wildman–Crippen MR) is 139 cm³/mol. The molecular formula is C26H32N6O4. The van der Waals surface area contributed by atoms with Crippen LogP contribution in [0.25, 0.3) is 11.3 Å². The van der Waals surface area contributed by atoms with Crippen LogP contribution in [0.15, 0.2) is 53.6 Å². The van der Waals surface area contributed by atoms with Crippen molar-refractivity contribution in [2.75, 3.05) is 17.2 Å². The van der Waals surface area contributed by atoms with Crippen LogP contribution in [-0.4, -0.2) is 38.7 Å². The van der Waals surface area contributed by atoms with E-state index in [-0.39, 0.29) is 11.6 Å². The van der Waals surface area contributed by atoms with E-state index in [1.54, 1.807) is 31.6 Å². The molecule has 2 amide bonds. The van der Waals surface area contributed by atoms with Gasteiger partial charge in [-0.3, -0.25) is 19.1 Å². The maximum absolute atomic E-state index is 13.2. The third-order valence-electron chi connectivity index (χ3n) is 5.10. The molecule has 3 rings (SSSR count). The first-order valence-corrected chi connectivity index (χ1v) is 11.7. The van der Waals surface area contributed by atoms with Crippen LogP contribution in [0.3, 0.4) is 0 Å². The summed E-state index contributed by atoms with van der Waals surface area (Å²) in [6.07, 6.45) is 4.11. The highest BCUT2D eigenvalue weighted by molar-refractivity contribution is 5.93. The number of hydrogen-bond donors (Lipinski definition) is 3. The van der Waals surface area contributed by atoms with E-state index in [1.165, 1.54) is 11.5 Å². The van der Waals surface area contributed by atoms with E-state index in [1.807, 2.05) is 45.0 Å². The third-order valence-corrected chi connectivity index (χ3v) is 5.10. The molecule has 0 aliphatic rings. The van der Waals surface area contributed by atoms with Gasteiger partial charge >= 0.3 is 6.09 Å². The van der Waals surface area contributed by atoms with Crippen LogP contribution in [0.2, 0.25) is 0 Å². The molecule has 0 aliphatic carbocycles. The van der Waals surface area contributed by atoms with E-state index in [4.69, 9.17) is 4.74 Å². The van der Waals surface area contributed by atoms with Gasteiger partial charge in [-0.05, 0) is 57.4 Å². The maximum Gasteiger partial charge on any atom is 0.407 e. The molecule has 2 aromatic heterocycles. The lowest BCUT2D eigenvalue weighted by Gasteiger charge is -2.19. The summed E-state index contributed by atoms with van der Waals surface area (Å²) in [5.41, 5.74) is 1.93. The summed E-state index contributed by atoms with van der Waals surface area (Å²) in [5, 5.41) is 8.64. The van der Waals surface area contributed by atoms with Crippen molar-refractivity contribution in [3.05, 3.63) is 64.7 Å². The van der Waals surface area contributed by atoms with E-state index < -0.39 is 17.3 Å². The van der Waals surface area contributed by atoms with Crippen molar-refractivity contribution in [2.45, 2.75) is 46.1 Å². The summed E-state index contributed by atoms with van der Waals surface area (Å²) in [6.45, 7) is 7.25. The van der Waals surface area contributed by atoms with E-state index in [0.29, 0.717) is 36.6 Å². The van der Waals surface area contributed by atoms with Crippen LogP contribution >= 0.6 is 0 Å². The van der Waals surface area contributed by atoms with Crippen LogP contribution < -0.4 is 21.5 Å². The van der Waals surface area contributed by atoms with Crippen LogP contribution in [0.5, 0.6) is 0 Å². The van der Waals surface area contributed by atoms with Crippen molar-refractivity contribution >= 4 is 29.3 Å². The first kappa shape index (κ1) is 26.4. The minimum atomic E-state index is -0.547. The number of ether oxygens (including phenoxy) is 1. The highest BCUT2D eigenvalue weighted by Gasteiger charge is 2.18. The monoisotopic (exact) mass is 492 g/mol. The Bertz CT molecular complexity index is 1280. The van der Waals surface area contributed by atoms with E-state index in [2.05, 4.69) is 25.9 Å². The molecule has 3 aromatic rings. The molecule has 1 aromatic carbocycles. The summed E-state index contributed by atoms with van der Waals surface area (Å²) in [7, 11) is 1.59. The second-order valence-corrected chi connectivity index (χ2v) is 9.25. The number of carbonyl (C=O) groups is 2. The molecule has 36 heavy (non-hydrogen) atoms. The van der Waals surface area contributed by atoms with Crippen LogP contribution in [0.1, 0.15) is 39.7 Å². The Morgan fingerprint density at radius 1 is 1.08 bits per heavy atom. The smallest absolute Gasteiger partial charge is 0.407 e. The van der Waals surface area contributed by atoms with Gasteiger partial charge in [0.05, 0.1) is 0 Å². The third kappa shape index (κ3) is 7.14. The molecule has 10 heteroatoms. The zero-order valence-corrected chi connectivity index (χ0v) is 21.2. The number of hydrogen-bond acceptors (Lipinski definition) is 7. The lowest BCUT2D eigenvalue weighted by Crippen LogP contribution is -2.33. The molecule has 2 heterocycles. The summed E-state index contributed by atoms with van der Waals surface area (Å²) >= 11 is 0. The molecule has 10 nitrogen and oxygen atoms in total. The zero-order valence-electron chi connectivity index (χ0n) is 21.2. The molecule has 190 valence electrons. The molecule has 0 atom stereocenters. The van der Waals surface area contributed by atoms with Gasteiger partial charge in [0.25, 0.3) is 5.56 Å². The number of amides is 2. The fourth-order valence-electron chi connectivity index (χ4n) is 3.49. The molecule has 0 unspecified atom stereocenters. The molecule has 0 spiro atoms. The van der Waals surface area contributed by atoms with Gasteiger partial charge in [-0.1, -0.05) is 18.2 Å². The van der Waals surface area contributed by atoms with Crippen LogP contribution in [0.4, 0.5) is 22.1 Å². The molecule has 0 radical (unpaired) electrons. The SMILES string of the molecule is CC(=O)Nc1c(-c2ccncc2)nc(Nc2ccccc2CCCNC(=O)OC(C)(C)C)n(C)c1=O. The number of nitrogens with one attached hydrogen (secondary N) is 3. The molecule has 0 bridgehead atoms. The lowest BCUT2D eigenvalue weighted by atomic mass is 10.1.